The van der Waals surface area contributed by atoms with Gasteiger partial charge in [-0.3, -0.25) is 0 Å². The molecule has 0 amide bonds. The van der Waals surface area contributed by atoms with Crippen LogP contribution in [0.15, 0.2) is 0 Å². The van der Waals surface area contributed by atoms with Crippen molar-refractivity contribution in [3.63, 3.8) is 0 Å². The third kappa shape index (κ3) is 4.54. The van der Waals surface area contributed by atoms with Gasteiger partial charge in [0.25, 0.3) is 0 Å². The summed E-state index contributed by atoms with van der Waals surface area (Å²) >= 11 is 2.53. The van der Waals surface area contributed by atoms with E-state index in [2.05, 4.69) is 31.6 Å². The summed E-state index contributed by atoms with van der Waals surface area (Å²) in [5.41, 5.74) is 0. The van der Waals surface area contributed by atoms with Crippen molar-refractivity contribution in [2.75, 3.05) is 0 Å². The third-order valence-corrected chi connectivity index (χ3v) is 4.49. The Bertz CT molecular complexity index is 139. The SMILES string of the molecule is [Li][CH]1C(CCCC)CCCC1CCCC. The molecule has 1 rings (SSSR count). The number of unbranched alkanes of at least 4 members (excludes halogenated alkanes) is 2. The monoisotopic (exact) mass is 202 g/mol. The normalized spacial score (nSPS) is 31.9. The van der Waals surface area contributed by atoms with Crippen molar-refractivity contribution in [1.29, 1.82) is 0 Å². The van der Waals surface area contributed by atoms with Crippen molar-refractivity contribution < 1.29 is 0 Å². The molecule has 1 fully saturated rings. The zero-order valence-corrected chi connectivity index (χ0v) is 11.1. The van der Waals surface area contributed by atoms with E-state index in [4.69, 9.17) is 0 Å². The fraction of sp³-hybridized carbons (Fsp3) is 1.00. The Labute approximate surface area is 106 Å². The Kier molecular flexibility index (Phi) is 7.11. The minimum absolute atomic E-state index is 1.01. The van der Waals surface area contributed by atoms with Crippen LogP contribution in [-0.2, 0) is 0 Å². The Morgan fingerprint density at radius 3 is 1.80 bits per heavy atom. The van der Waals surface area contributed by atoms with Crippen molar-refractivity contribution in [1.82, 2.24) is 0 Å². The van der Waals surface area contributed by atoms with Gasteiger partial charge in [0.15, 0.2) is 0 Å². The van der Waals surface area contributed by atoms with Gasteiger partial charge in [0.05, 0.1) is 0 Å². The summed E-state index contributed by atoms with van der Waals surface area (Å²) in [5.74, 6) is 2.11. The van der Waals surface area contributed by atoms with E-state index in [1.807, 2.05) is 0 Å². The van der Waals surface area contributed by atoms with Crippen LogP contribution < -0.4 is 0 Å². The van der Waals surface area contributed by atoms with E-state index in [1.165, 1.54) is 57.8 Å². The molecule has 1 aliphatic carbocycles. The fourth-order valence-corrected chi connectivity index (χ4v) is 3.30. The van der Waals surface area contributed by atoms with E-state index >= 15 is 0 Å². The Balaban J connectivity index is 2.33. The summed E-state index contributed by atoms with van der Waals surface area (Å²) in [6.07, 6.45) is 13.2. The molecule has 0 aromatic carbocycles. The second-order valence-electron chi connectivity index (χ2n) is 5.59. The molecular weight excluding hydrogens is 175 g/mol. The first-order valence-electron chi connectivity index (χ1n) is 7.29. The zero-order valence-electron chi connectivity index (χ0n) is 11.1. The van der Waals surface area contributed by atoms with E-state index in [0.717, 1.165) is 16.4 Å². The first-order chi connectivity index (χ1) is 7.29. The molecule has 1 aliphatic rings. The van der Waals surface area contributed by atoms with Crippen LogP contribution in [0.3, 0.4) is 0 Å². The fourth-order valence-electron chi connectivity index (χ4n) is 3.30. The van der Waals surface area contributed by atoms with Gasteiger partial charge in [-0.15, -0.1) is 0 Å². The van der Waals surface area contributed by atoms with E-state index < -0.39 is 0 Å². The van der Waals surface area contributed by atoms with Crippen molar-refractivity contribution in [2.24, 2.45) is 11.8 Å². The topological polar surface area (TPSA) is 0 Å². The number of hydrogen-bond donors (Lipinski definition) is 0. The molecule has 2 unspecified atom stereocenters. The van der Waals surface area contributed by atoms with Gasteiger partial charge in [-0.2, -0.15) is 0 Å². The van der Waals surface area contributed by atoms with Crippen molar-refractivity contribution in [2.45, 2.75) is 76.2 Å². The summed E-state index contributed by atoms with van der Waals surface area (Å²) in [6, 6.07) is 0. The zero-order chi connectivity index (χ0) is 11.1. The Hall–Kier alpha value is 0.597. The molecule has 0 N–H and O–H groups in total. The molecule has 0 radical (unpaired) electrons. The van der Waals surface area contributed by atoms with Gasteiger partial charge in [-0.1, -0.05) is 0 Å². The maximum absolute atomic E-state index is 2.53. The second-order valence-corrected chi connectivity index (χ2v) is 5.59. The summed E-state index contributed by atoms with van der Waals surface area (Å²) in [4.78, 5) is 0. The van der Waals surface area contributed by atoms with Crippen LogP contribution in [0, 0.1) is 11.8 Å². The van der Waals surface area contributed by atoms with Crippen LogP contribution in [0.4, 0.5) is 0 Å². The van der Waals surface area contributed by atoms with Gasteiger partial charge in [0.1, 0.15) is 0 Å². The second kappa shape index (κ2) is 7.80. The molecule has 0 aromatic heterocycles. The molecule has 0 bridgehead atoms. The van der Waals surface area contributed by atoms with Crippen molar-refractivity contribution in [3.05, 3.63) is 0 Å². The molecule has 0 nitrogen and oxygen atoms in total. The third-order valence-electron chi connectivity index (χ3n) is 4.49. The molecular formula is C14H27Li. The molecule has 0 heterocycles. The molecule has 0 aromatic rings. The molecule has 0 aliphatic heterocycles. The molecule has 84 valence electrons. The van der Waals surface area contributed by atoms with Crippen LogP contribution in [-0.4, -0.2) is 17.7 Å². The quantitative estimate of drug-likeness (QED) is 0.546. The average Bonchev–Trinajstić information content (AvgIpc) is 2.26. The van der Waals surface area contributed by atoms with E-state index in [9.17, 15) is 0 Å². The van der Waals surface area contributed by atoms with Crippen LogP contribution in [0.1, 0.15) is 71.6 Å². The predicted molar refractivity (Wildman–Crippen MR) is 69.4 cm³/mol. The van der Waals surface area contributed by atoms with Gasteiger partial charge in [-0.25, -0.2) is 0 Å². The van der Waals surface area contributed by atoms with Crippen LogP contribution in [0.5, 0.6) is 0 Å². The van der Waals surface area contributed by atoms with Crippen LogP contribution in [0.25, 0.3) is 0 Å². The molecule has 2 atom stereocenters. The molecule has 15 heavy (non-hydrogen) atoms. The van der Waals surface area contributed by atoms with Gasteiger partial charge in [0, 0.05) is 0 Å². The maximum atomic E-state index is 2.53. The van der Waals surface area contributed by atoms with Crippen LogP contribution >= 0.6 is 0 Å². The van der Waals surface area contributed by atoms with E-state index in [-0.39, 0.29) is 0 Å². The van der Waals surface area contributed by atoms with Crippen molar-refractivity contribution in [3.8, 4) is 0 Å². The van der Waals surface area contributed by atoms with Gasteiger partial charge in [0.2, 0.25) is 0 Å². The Morgan fingerprint density at radius 1 is 0.933 bits per heavy atom. The molecule has 0 saturated heterocycles. The van der Waals surface area contributed by atoms with Crippen molar-refractivity contribution >= 4 is 17.7 Å². The predicted octanol–water partition coefficient (Wildman–Crippen LogP) is 4.74. The molecule has 0 spiro atoms. The molecule has 1 saturated carbocycles. The van der Waals surface area contributed by atoms with E-state index in [0.29, 0.717) is 0 Å². The summed E-state index contributed by atoms with van der Waals surface area (Å²) < 4.78 is 1.01. The summed E-state index contributed by atoms with van der Waals surface area (Å²) in [6.45, 7) is 4.64. The minimum atomic E-state index is 1.01. The molecule has 1 heteroatoms. The summed E-state index contributed by atoms with van der Waals surface area (Å²) in [5, 5.41) is 0. The number of rotatable bonds is 6. The average molecular weight is 202 g/mol. The van der Waals surface area contributed by atoms with Gasteiger partial charge >= 0.3 is 106 Å². The van der Waals surface area contributed by atoms with Gasteiger partial charge in [-0.05, 0) is 0 Å². The standard InChI is InChI=1S/C14H27.Li/c1-3-5-8-13-10-7-11-14(12-13)9-6-4-2;/h12-14H,3-11H2,1-2H3;. The first-order valence-corrected chi connectivity index (χ1v) is 7.29. The summed E-state index contributed by atoms with van der Waals surface area (Å²) in [7, 11) is 0. The van der Waals surface area contributed by atoms with Crippen LogP contribution in [0.2, 0.25) is 4.59 Å². The van der Waals surface area contributed by atoms with E-state index in [1.54, 1.807) is 0 Å². The number of hydrogen-bond acceptors (Lipinski definition) is 0. The van der Waals surface area contributed by atoms with Gasteiger partial charge < -0.3 is 0 Å². The first kappa shape index (κ1) is 13.7. The Morgan fingerprint density at radius 2 is 1.40 bits per heavy atom.